The molecule has 2 aliphatic rings. The monoisotopic (exact) mass is 469 g/mol. The number of guanidine groups is 1. The first-order valence-corrected chi connectivity index (χ1v) is 12.4. The van der Waals surface area contributed by atoms with E-state index in [4.69, 9.17) is 15.2 Å². The highest BCUT2D eigenvalue weighted by molar-refractivity contribution is 5.95. The molecule has 2 aliphatic heterocycles. The van der Waals surface area contributed by atoms with Gasteiger partial charge < -0.3 is 25.2 Å². The summed E-state index contributed by atoms with van der Waals surface area (Å²) in [4.78, 5) is 19.0. The van der Waals surface area contributed by atoms with Gasteiger partial charge >= 0.3 is 5.97 Å². The van der Waals surface area contributed by atoms with Crippen molar-refractivity contribution in [2.24, 2.45) is 10.7 Å². The fourth-order valence-corrected chi connectivity index (χ4v) is 4.91. The van der Waals surface area contributed by atoms with Crippen molar-refractivity contribution in [3.8, 4) is 0 Å². The molecular formula is C27H39N3O4. The molecule has 0 amide bonds. The topological polar surface area (TPSA) is 97.4 Å². The molecule has 3 N–H and O–H groups in total. The molecule has 1 aromatic rings. The van der Waals surface area contributed by atoms with Crippen molar-refractivity contribution in [3.05, 3.63) is 59.8 Å². The predicted molar refractivity (Wildman–Crippen MR) is 134 cm³/mol. The van der Waals surface area contributed by atoms with Gasteiger partial charge in [0.2, 0.25) is 0 Å². The predicted octanol–water partition coefficient (Wildman–Crippen LogP) is 4.07. The molecular weight excluding hydrogens is 430 g/mol. The first-order valence-electron chi connectivity index (χ1n) is 12.4. The number of aliphatic hydroxyl groups is 1. The van der Waals surface area contributed by atoms with Gasteiger partial charge in [-0.05, 0) is 44.6 Å². The van der Waals surface area contributed by atoms with E-state index >= 15 is 0 Å². The number of hydrogen-bond donors (Lipinski definition) is 2. The van der Waals surface area contributed by atoms with Gasteiger partial charge in [-0.25, -0.2) is 9.79 Å². The first-order chi connectivity index (χ1) is 16.5. The molecule has 2 heterocycles. The summed E-state index contributed by atoms with van der Waals surface area (Å²) >= 11 is 0. The number of nitrogens with two attached hydrogens (primary N) is 1. The number of carbonyl (C=O) groups excluding carboxylic acids is 1. The Morgan fingerprint density at radius 2 is 2.03 bits per heavy atom. The van der Waals surface area contributed by atoms with Crippen molar-refractivity contribution in [1.82, 2.24) is 4.90 Å². The summed E-state index contributed by atoms with van der Waals surface area (Å²) in [5.41, 5.74) is 8.62. The van der Waals surface area contributed by atoms with E-state index in [9.17, 15) is 9.90 Å². The van der Waals surface area contributed by atoms with E-state index in [0.29, 0.717) is 30.3 Å². The van der Waals surface area contributed by atoms with Crippen LogP contribution in [0.5, 0.6) is 0 Å². The maximum absolute atomic E-state index is 12.6. The molecule has 0 bridgehead atoms. The van der Waals surface area contributed by atoms with Crippen molar-refractivity contribution in [1.29, 1.82) is 0 Å². The van der Waals surface area contributed by atoms with Crippen LogP contribution in [0, 0.1) is 0 Å². The van der Waals surface area contributed by atoms with Crippen LogP contribution in [-0.4, -0.2) is 53.3 Å². The Bertz CT molecular complexity index is 868. The molecule has 0 spiro atoms. The Balaban J connectivity index is 1.35. The normalized spacial score (nSPS) is 20.6. The zero-order valence-corrected chi connectivity index (χ0v) is 20.3. The largest absolute Gasteiger partial charge is 0.458 e. The molecule has 1 aromatic carbocycles. The van der Waals surface area contributed by atoms with Gasteiger partial charge in [-0.1, -0.05) is 62.2 Å². The van der Waals surface area contributed by atoms with E-state index in [-0.39, 0.29) is 24.7 Å². The number of rotatable bonds is 14. The lowest BCUT2D eigenvalue weighted by Crippen LogP contribution is -2.50. The number of fused-ring (bicyclic) bond motifs is 1. The number of benzene rings is 1. The van der Waals surface area contributed by atoms with Gasteiger partial charge in [-0.3, -0.25) is 0 Å². The molecule has 1 fully saturated rings. The van der Waals surface area contributed by atoms with Crippen LogP contribution in [0.2, 0.25) is 0 Å². The third-order valence-electron chi connectivity index (χ3n) is 6.56. The van der Waals surface area contributed by atoms with E-state index in [1.54, 1.807) is 13.0 Å². The average molecular weight is 470 g/mol. The molecule has 7 heteroatoms. The van der Waals surface area contributed by atoms with E-state index in [2.05, 4.69) is 23.7 Å². The quantitative estimate of drug-likeness (QED) is 0.242. The van der Waals surface area contributed by atoms with Crippen LogP contribution in [0.3, 0.4) is 0 Å². The van der Waals surface area contributed by atoms with Crippen molar-refractivity contribution < 1.29 is 19.4 Å². The van der Waals surface area contributed by atoms with E-state index < -0.39 is 6.10 Å². The molecule has 3 atom stereocenters. The Hall–Kier alpha value is -2.64. The third-order valence-corrected chi connectivity index (χ3v) is 6.56. The SMILES string of the molecule is C=CCOC(=O)C1=C(C)N=C(N)N2C1CC[C@H]2C[C@@H](O)CCCCCCOCc1ccccc1. The zero-order valence-electron chi connectivity index (χ0n) is 20.3. The third kappa shape index (κ3) is 7.18. The number of carbonyl (C=O) groups is 1. The number of aliphatic imine (C=N–C) groups is 1. The summed E-state index contributed by atoms with van der Waals surface area (Å²) in [6.45, 7) is 6.98. The fraction of sp³-hybridized carbons (Fsp3) is 0.556. The smallest absolute Gasteiger partial charge is 0.338 e. The van der Waals surface area contributed by atoms with E-state index in [1.165, 1.54) is 5.56 Å². The Kier molecular flexibility index (Phi) is 10.2. The molecule has 7 nitrogen and oxygen atoms in total. The lowest BCUT2D eigenvalue weighted by atomic mass is 10.0. The van der Waals surface area contributed by atoms with Gasteiger partial charge in [0.25, 0.3) is 0 Å². The highest BCUT2D eigenvalue weighted by atomic mass is 16.5. The number of unbranched alkanes of at least 4 members (excludes halogenated alkanes) is 3. The summed E-state index contributed by atoms with van der Waals surface area (Å²) in [7, 11) is 0. The lowest BCUT2D eigenvalue weighted by molar-refractivity contribution is -0.138. The number of hydrogen-bond acceptors (Lipinski definition) is 7. The number of esters is 1. The highest BCUT2D eigenvalue weighted by Gasteiger charge is 2.43. The summed E-state index contributed by atoms with van der Waals surface area (Å²) < 4.78 is 11.0. The van der Waals surface area contributed by atoms with Gasteiger partial charge in [-0.15, -0.1) is 0 Å². The number of nitrogens with zero attached hydrogens (tertiary/aromatic N) is 2. The van der Waals surface area contributed by atoms with Crippen LogP contribution >= 0.6 is 0 Å². The van der Waals surface area contributed by atoms with Gasteiger partial charge in [0.05, 0.1) is 30.0 Å². The highest BCUT2D eigenvalue weighted by Crippen LogP contribution is 2.36. The maximum Gasteiger partial charge on any atom is 0.338 e. The molecule has 34 heavy (non-hydrogen) atoms. The molecule has 0 radical (unpaired) electrons. The van der Waals surface area contributed by atoms with Crippen LogP contribution in [0.1, 0.15) is 63.9 Å². The van der Waals surface area contributed by atoms with E-state index in [1.807, 2.05) is 23.1 Å². The Morgan fingerprint density at radius 1 is 1.26 bits per heavy atom. The molecule has 0 aliphatic carbocycles. The average Bonchev–Trinajstić information content (AvgIpc) is 3.23. The van der Waals surface area contributed by atoms with E-state index in [0.717, 1.165) is 51.6 Å². The van der Waals surface area contributed by atoms with Gasteiger partial charge in [0, 0.05) is 12.6 Å². The van der Waals surface area contributed by atoms with Crippen molar-refractivity contribution in [3.63, 3.8) is 0 Å². The summed E-state index contributed by atoms with van der Waals surface area (Å²) in [5, 5.41) is 10.6. The molecule has 3 rings (SSSR count). The molecule has 0 saturated carbocycles. The summed E-state index contributed by atoms with van der Waals surface area (Å²) in [5.74, 6) is 0.0607. The first kappa shape index (κ1) is 26.0. The van der Waals surface area contributed by atoms with Crippen LogP contribution < -0.4 is 5.73 Å². The second-order valence-electron chi connectivity index (χ2n) is 9.14. The molecule has 186 valence electrons. The standard InChI is InChI=1S/C27H39N3O4/c1-3-16-34-26(32)25-20(2)29-27(28)30-22(14-15-24(25)30)18-23(31)13-9-4-5-10-17-33-19-21-11-7-6-8-12-21/h3,6-8,11-12,22-24,31H,1,4-5,9-10,13-19H2,2H3,(H2,28,29)/t22-,23-,24?/m0/s1. The summed E-state index contributed by atoms with van der Waals surface area (Å²) in [6, 6.07) is 10.1. The van der Waals surface area contributed by atoms with Crippen LogP contribution in [-0.2, 0) is 20.9 Å². The van der Waals surface area contributed by atoms with Gasteiger partial charge in [0.15, 0.2) is 5.96 Å². The van der Waals surface area contributed by atoms with Gasteiger partial charge in [-0.2, -0.15) is 0 Å². The zero-order chi connectivity index (χ0) is 24.3. The summed E-state index contributed by atoms with van der Waals surface area (Å²) in [6.07, 6.45) is 8.40. The number of aliphatic hydroxyl groups excluding tert-OH is 1. The fourth-order valence-electron chi connectivity index (χ4n) is 4.91. The molecule has 1 unspecified atom stereocenters. The number of ether oxygens (including phenoxy) is 2. The lowest BCUT2D eigenvalue weighted by Gasteiger charge is -2.36. The van der Waals surface area contributed by atoms with Gasteiger partial charge in [0.1, 0.15) is 6.61 Å². The molecule has 0 aromatic heterocycles. The van der Waals surface area contributed by atoms with Crippen LogP contribution in [0.25, 0.3) is 0 Å². The molecule has 1 saturated heterocycles. The minimum Gasteiger partial charge on any atom is -0.458 e. The van der Waals surface area contributed by atoms with Crippen LogP contribution in [0.15, 0.2) is 59.2 Å². The van der Waals surface area contributed by atoms with Crippen molar-refractivity contribution in [2.45, 2.75) is 83.1 Å². The Labute approximate surface area is 203 Å². The minimum absolute atomic E-state index is 0.0745. The number of allylic oxidation sites excluding steroid dienone is 1. The van der Waals surface area contributed by atoms with Crippen LogP contribution in [0.4, 0.5) is 0 Å². The second-order valence-corrected chi connectivity index (χ2v) is 9.14. The second kappa shape index (κ2) is 13.3. The maximum atomic E-state index is 12.6. The Morgan fingerprint density at radius 3 is 2.79 bits per heavy atom. The van der Waals surface area contributed by atoms with Crippen molar-refractivity contribution >= 4 is 11.9 Å². The minimum atomic E-state index is -0.394. The van der Waals surface area contributed by atoms with Crippen molar-refractivity contribution in [2.75, 3.05) is 13.2 Å².